The molecule has 0 atom stereocenters. The topological polar surface area (TPSA) is 96.7 Å². The van der Waals surface area contributed by atoms with E-state index in [9.17, 15) is 9.59 Å². The number of nitrogens with zero attached hydrogens (tertiary/aromatic N) is 1. The van der Waals surface area contributed by atoms with E-state index >= 15 is 0 Å². The maximum absolute atomic E-state index is 12.3. The maximum atomic E-state index is 12.3. The fraction of sp³-hybridized carbons (Fsp3) is 0.467. The number of hydrogen-bond acceptors (Lipinski definition) is 5. The molecule has 1 aliphatic rings. The fourth-order valence-corrected chi connectivity index (χ4v) is 2.15. The molecule has 0 aliphatic carbocycles. The summed E-state index contributed by atoms with van der Waals surface area (Å²) in [6, 6.07) is 6.62. The Hall–Kier alpha value is -2.12. The van der Waals surface area contributed by atoms with E-state index in [0.29, 0.717) is 24.3 Å². The van der Waals surface area contributed by atoms with Gasteiger partial charge in [-0.2, -0.15) is 0 Å². The number of carbonyl (C=O) groups is 2. The van der Waals surface area contributed by atoms with E-state index in [0.717, 1.165) is 13.1 Å². The van der Waals surface area contributed by atoms with Crippen molar-refractivity contribution in [3.05, 3.63) is 24.3 Å². The van der Waals surface area contributed by atoms with Crippen LogP contribution in [-0.4, -0.2) is 49.6 Å². The summed E-state index contributed by atoms with van der Waals surface area (Å²) in [6.07, 6.45) is 0.766. The Kier molecular flexibility index (Phi) is 4.99. The van der Waals surface area contributed by atoms with Gasteiger partial charge in [-0.05, 0) is 50.2 Å². The minimum Gasteiger partial charge on any atom is -0.410 e. The molecule has 1 heterocycles. The summed E-state index contributed by atoms with van der Waals surface area (Å²) in [7, 11) is 3.22. The molecule has 0 spiro atoms. The van der Waals surface area contributed by atoms with Gasteiger partial charge in [-0.15, -0.1) is 0 Å². The molecule has 0 radical (unpaired) electrons. The van der Waals surface area contributed by atoms with Crippen LogP contribution in [0, 0.1) is 0 Å². The first-order valence-electron chi connectivity index (χ1n) is 7.21. The fourth-order valence-electron chi connectivity index (χ4n) is 2.15. The van der Waals surface area contributed by atoms with Crippen molar-refractivity contribution < 1.29 is 14.3 Å². The van der Waals surface area contributed by atoms with Gasteiger partial charge in [0.2, 0.25) is 5.91 Å². The van der Waals surface area contributed by atoms with Crippen molar-refractivity contribution in [2.24, 2.45) is 5.73 Å². The zero-order chi connectivity index (χ0) is 16.2. The molecule has 7 heteroatoms. The molecule has 1 saturated heterocycles. The Labute approximate surface area is 129 Å². The second kappa shape index (κ2) is 6.76. The first-order chi connectivity index (χ1) is 10.4. The van der Waals surface area contributed by atoms with Crippen molar-refractivity contribution in [2.45, 2.75) is 18.4 Å². The third-order valence-electron chi connectivity index (χ3n) is 3.63. The van der Waals surface area contributed by atoms with Gasteiger partial charge in [0.1, 0.15) is 5.75 Å². The van der Waals surface area contributed by atoms with Crippen molar-refractivity contribution in [1.82, 2.24) is 10.2 Å². The number of anilines is 1. The van der Waals surface area contributed by atoms with Gasteiger partial charge in [0.15, 0.2) is 0 Å². The number of nitrogens with one attached hydrogen (secondary N) is 2. The molecule has 1 aliphatic heterocycles. The molecule has 1 aromatic carbocycles. The Bertz CT molecular complexity index is 536. The van der Waals surface area contributed by atoms with Gasteiger partial charge in [0.05, 0.1) is 5.54 Å². The first-order valence-corrected chi connectivity index (χ1v) is 7.21. The Morgan fingerprint density at radius 3 is 2.36 bits per heavy atom. The highest BCUT2D eigenvalue weighted by atomic mass is 16.6. The molecular formula is C15H22N4O3. The highest BCUT2D eigenvalue weighted by molar-refractivity contribution is 5.98. The van der Waals surface area contributed by atoms with E-state index in [2.05, 4.69) is 10.6 Å². The molecular weight excluding hydrogens is 284 g/mol. The Morgan fingerprint density at radius 2 is 1.82 bits per heavy atom. The van der Waals surface area contributed by atoms with Gasteiger partial charge in [-0.3, -0.25) is 4.79 Å². The highest BCUT2D eigenvalue weighted by Gasteiger charge is 2.35. The lowest BCUT2D eigenvalue weighted by Crippen LogP contribution is -2.56. The molecule has 0 saturated carbocycles. The van der Waals surface area contributed by atoms with Crippen LogP contribution in [0.5, 0.6) is 5.75 Å². The summed E-state index contributed by atoms with van der Waals surface area (Å²) in [4.78, 5) is 25.1. The van der Waals surface area contributed by atoms with E-state index in [4.69, 9.17) is 10.5 Å². The second-order valence-electron chi connectivity index (χ2n) is 5.65. The minimum atomic E-state index is -0.832. The summed E-state index contributed by atoms with van der Waals surface area (Å²) in [5.74, 6) is 0.230. The second-order valence-corrected chi connectivity index (χ2v) is 5.65. The average molecular weight is 306 g/mol. The Morgan fingerprint density at radius 1 is 1.23 bits per heavy atom. The number of benzene rings is 1. The van der Waals surface area contributed by atoms with Crippen molar-refractivity contribution in [3.63, 3.8) is 0 Å². The molecule has 1 aromatic rings. The molecule has 0 bridgehead atoms. The Balaban J connectivity index is 1.96. The number of piperidine rings is 1. The van der Waals surface area contributed by atoms with Crippen LogP contribution >= 0.6 is 0 Å². The summed E-state index contributed by atoms with van der Waals surface area (Å²) >= 11 is 0. The van der Waals surface area contributed by atoms with Crippen molar-refractivity contribution in [1.29, 1.82) is 0 Å². The van der Waals surface area contributed by atoms with E-state index in [1.807, 2.05) is 0 Å². The van der Waals surface area contributed by atoms with Crippen molar-refractivity contribution in [3.8, 4) is 5.75 Å². The smallest absolute Gasteiger partial charge is 0.410 e. The molecule has 120 valence electrons. The molecule has 2 rings (SSSR count). The van der Waals surface area contributed by atoms with E-state index in [1.54, 1.807) is 38.4 Å². The third-order valence-corrected chi connectivity index (χ3v) is 3.63. The predicted octanol–water partition coefficient (Wildman–Crippen LogP) is 0.766. The van der Waals surface area contributed by atoms with Gasteiger partial charge in [-0.1, -0.05) is 0 Å². The zero-order valence-electron chi connectivity index (χ0n) is 12.9. The van der Waals surface area contributed by atoms with Crippen LogP contribution in [-0.2, 0) is 4.79 Å². The largest absolute Gasteiger partial charge is 0.414 e. The van der Waals surface area contributed by atoms with Crippen LogP contribution in [0.1, 0.15) is 12.8 Å². The van der Waals surface area contributed by atoms with Gasteiger partial charge in [-0.25, -0.2) is 4.79 Å². The molecule has 0 aromatic heterocycles. The SMILES string of the molecule is CN(C)C(=O)Oc1ccc(NC(=O)C2(N)CCNCC2)cc1. The minimum absolute atomic E-state index is 0.188. The maximum Gasteiger partial charge on any atom is 0.414 e. The average Bonchev–Trinajstić information content (AvgIpc) is 2.49. The standard InChI is InChI=1S/C15H22N4O3/c1-19(2)14(21)22-12-5-3-11(4-6-12)18-13(20)15(16)7-9-17-10-8-15/h3-6,17H,7-10,16H2,1-2H3,(H,18,20). The lowest BCUT2D eigenvalue weighted by molar-refractivity contribution is -0.122. The monoisotopic (exact) mass is 306 g/mol. The third kappa shape index (κ3) is 3.96. The van der Waals surface area contributed by atoms with E-state index in [1.165, 1.54) is 4.90 Å². The predicted molar refractivity (Wildman–Crippen MR) is 83.8 cm³/mol. The van der Waals surface area contributed by atoms with Crippen LogP contribution in [0.25, 0.3) is 0 Å². The van der Waals surface area contributed by atoms with E-state index in [-0.39, 0.29) is 5.91 Å². The summed E-state index contributed by atoms with van der Waals surface area (Å²) in [5.41, 5.74) is 5.94. The van der Waals surface area contributed by atoms with Crippen LogP contribution < -0.4 is 21.1 Å². The molecule has 7 nitrogen and oxygen atoms in total. The number of ether oxygens (including phenoxy) is 1. The van der Waals surface area contributed by atoms with Crippen molar-refractivity contribution >= 4 is 17.7 Å². The number of carbonyl (C=O) groups excluding carboxylic acids is 2. The van der Waals surface area contributed by atoms with E-state index < -0.39 is 11.6 Å². The van der Waals surface area contributed by atoms with Crippen LogP contribution in [0.15, 0.2) is 24.3 Å². The first kappa shape index (κ1) is 16.3. The highest BCUT2D eigenvalue weighted by Crippen LogP contribution is 2.20. The van der Waals surface area contributed by atoms with Crippen LogP contribution in [0.4, 0.5) is 10.5 Å². The normalized spacial score (nSPS) is 16.7. The number of hydrogen-bond donors (Lipinski definition) is 3. The van der Waals surface area contributed by atoms with Gasteiger partial charge in [0.25, 0.3) is 0 Å². The summed E-state index contributed by atoms with van der Waals surface area (Å²) in [5, 5.41) is 5.99. The molecule has 2 amide bonds. The van der Waals surface area contributed by atoms with Crippen molar-refractivity contribution in [2.75, 3.05) is 32.5 Å². The van der Waals surface area contributed by atoms with Gasteiger partial charge in [0, 0.05) is 19.8 Å². The zero-order valence-corrected chi connectivity index (χ0v) is 12.9. The van der Waals surface area contributed by atoms with Crippen LogP contribution in [0.3, 0.4) is 0 Å². The summed E-state index contributed by atoms with van der Waals surface area (Å²) < 4.78 is 5.11. The quantitative estimate of drug-likeness (QED) is 0.766. The lowest BCUT2D eigenvalue weighted by atomic mass is 9.88. The molecule has 1 fully saturated rings. The summed E-state index contributed by atoms with van der Waals surface area (Å²) in [6.45, 7) is 1.48. The molecule has 4 N–H and O–H groups in total. The molecule has 22 heavy (non-hydrogen) atoms. The number of amides is 2. The molecule has 0 unspecified atom stereocenters. The number of rotatable bonds is 3. The van der Waals surface area contributed by atoms with Crippen LogP contribution in [0.2, 0.25) is 0 Å². The van der Waals surface area contributed by atoms with Gasteiger partial charge >= 0.3 is 6.09 Å². The lowest BCUT2D eigenvalue weighted by Gasteiger charge is -2.32. The van der Waals surface area contributed by atoms with Gasteiger partial charge < -0.3 is 26.0 Å². The number of nitrogens with two attached hydrogens (primary N) is 1.